The van der Waals surface area contributed by atoms with Crippen molar-refractivity contribution in [1.82, 2.24) is 0 Å². The quantitative estimate of drug-likeness (QED) is 0.164. The SMILES string of the molecule is Brc1cccc(-c2cccc(-c3cccc4c3sc3ccccc34)c2)c1.Brc1cccc(Br)c1.CC1(C)OB(c2cccc(-c3cccc4c3sc3ccccc34)c2)OC1(C)C. The lowest BCUT2D eigenvalue weighted by atomic mass is 9.78. The van der Waals surface area contributed by atoms with Gasteiger partial charge in [0.2, 0.25) is 0 Å². The summed E-state index contributed by atoms with van der Waals surface area (Å²) in [4.78, 5) is 0. The van der Waals surface area contributed by atoms with Gasteiger partial charge in [-0.2, -0.15) is 0 Å². The van der Waals surface area contributed by atoms with E-state index < -0.39 is 0 Å². The number of hydrogen-bond donors (Lipinski definition) is 0. The molecule has 2 aromatic heterocycles. The molecule has 0 aliphatic carbocycles. The summed E-state index contributed by atoms with van der Waals surface area (Å²) >= 11 is 14.0. The van der Waals surface area contributed by atoms with Gasteiger partial charge in [0.15, 0.2) is 0 Å². The molecule has 0 radical (unpaired) electrons. The summed E-state index contributed by atoms with van der Waals surface area (Å²) in [5.41, 5.74) is 7.89. The van der Waals surface area contributed by atoms with E-state index in [4.69, 9.17) is 9.31 Å². The Balaban J connectivity index is 0.000000135. The Kier molecular flexibility index (Phi) is 12.5. The first-order chi connectivity index (χ1) is 29.9. The van der Waals surface area contributed by atoms with E-state index in [1.165, 1.54) is 73.7 Å². The zero-order valence-electron chi connectivity index (χ0n) is 34.7. The molecule has 11 rings (SSSR count). The summed E-state index contributed by atoms with van der Waals surface area (Å²) in [7, 11) is -0.341. The third kappa shape index (κ3) is 8.89. The van der Waals surface area contributed by atoms with E-state index in [2.05, 4.69) is 233 Å². The second-order valence-corrected chi connectivity index (χ2v) is 21.2. The minimum absolute atomic E-state index is 0.334. The van der Waals surface area contributed by atoms with Crippen molar-refractivity contribution in [2.45, 2.75) is 38.9 Å². The smallest absolute Gasteiger partial charge is 0.399 e. The Bertz CT molecular complexity index is 3190. The first kappa shape index (κ1) is 42.9. The highest BCUT2D eigenvalue weighted by Gasteiger charge is 2.51. The van der Waals surface area contributed by atoms with Crippen LogP contribution in [0.4, 0.5) is 0 Å². The van der Waals surface area contributed by atoms with Gasteiger partial charge >= 0.3 is 7.12 Å². The maximum Gasteiger partial charge on any atom is 0.494 e. The van der Waals surface area contributed by atoms with E-state index in [1.807, 2.05) is 46.9 Å². The van der Waals surface area contributed by atoms with Crippen molar-refractivity contribution in [3.05, 3.63) is 195 Å². The van der Waals surface area contributed by atoms with Crippen LogP contribution in [0.3, 0.4) is 0 Å². The monoisotopic (exact) mass is 1030 g/mol. The van der Waals surface area contributed by atoms with Crippen LogP contribution < -0.4 is 5.46 Å². The highest BCUT2D eigenvalue weighted by Crippen LogP contribution is 2.42. The van der Waals surface area contributed by atoms with Gasteiger partial charge in [0.25, 0.3) is 0 Å². The van der Waals surface area contributed by atoms with Gasteiger partial charge in [0.05, 0.1) is 11.2 Å². The number of thiophene rings is 2. The first-order valence-electron chi connectivity index (χ1n) is 20.5. The van der Waals surface area contributed by atoms with Crippen LogP contribution in [0.2, 0.25) is 0 Å². The van der Waals surface area contributed by atoms with E-state index in [9.17, 15) is 0 Å². The van der Waals surface area contributed by atoms with E-state index in [0.29, 0.717) is 0 Å². The molecule has 1 fully saturated rings. The second-order valence-electron chi connectivity index (χ2n) is 16.3. The van der Waals surface area contributed by atoms with Crippen molar-refractivity contribution in [3.8, 4) is 33.4 Å². The average Bonchev–Trinajstić information content (AvgIpc) is 3.92. The minimum Gasteiger partial charge on any atom is -0.399 e. The Morgan fingerprint density at radius 3 is 1.31 bits per heavy atom. The van der Waals surface area contributed by atoms with Crippen LogP contribution in [0.15, 0.2) is 195 Å². The topological polar surface area (TPSA) is 18.5 Å². The van der Waals surface area contributed by atoms with Crippen LogP contribution in [0, 0.1) is 0 Å². The summed E-state index contributed by atoms with van der Waals surface area (Å²) in [6.07, 6.45) is 0. The van der Waals surface area contributed by atoms with Crippen molar-refractivity contribution in [1.29, 1.82) is 0 Å². The predicted octanol–water partition coefficient (Wildman–Crippen LogP) is 17.4. The van der Waals surface area contributed by atoms with Gasteiger partial charge in [-0.1, -0.05) is 181 Å². The molecule has 8 aromatic carbocycles. The molecule has 0 N–H and O–H groups in total. The lowest BCUT2D eigenvalue weighted by molar-refractivity contribution is 0.00578. The number of benzene rings is 8. The Hall–Kier alpha value is -4.38. The fraction of sp³-hybridized carbons (Fsp3) is 0.111. The maximum absolute atomic E-state index is 6.26. The number of halogens is 3. The van der Waals surface area contributed by atoms with Crippen molar-refractivity contribution < 1.29 is 9.31 Å². The molecule has 1 aliphatic heterocycles. The van der Waals surface area contributed by atoms with Gasteiger partial charge in [0.1, 0.15) is 0 Å². The van der Waals surface area contributed by atoms with E-state index in [0.717, 1.165) is 18.9 Å². The van der Waals surface area contributed by atoms with Crippen LogP contribution in [0.25, 0.3) is 73.7 Å². The second kappa shape index (κ2) is 18.0. The number of rotatable bonds is 4. The van der Waals surface area contributed by atoms with Crippen LogP contribution in [-0.4, -0.2) is 18.3 Å². The molecule has 306 valence electrons. The highest BCUT2D eigenvalue weighted by molar-refractivity contribution is 9.11. The van der Waals surface area contributed by atoms with Crippen LogP contribution in [0.5, 0.6) is 0 Å². The standard InChI is InChI=1S/C24H23BO2S.C24H15BrS.C6H4Br2/c1-23(2)24(3,4)27-25(26-23)17-10-7-9-16(15-17)18-12-8-13-20-19-11-5-6-14-21(19)28-22(18)20;25-19-9-4-7-17(15-19)16-6-3-8-18(14-16)20-11-5-12-22-21-10-1-2-13-23(21)26-24(20)22;7-5-2-1-3-6(8)4-5/h5-15H,1-4H3;1-15H;1-4H. The Labute approximate surface area is 397 Å². The van der Waals surface area contributed by atoms with E-state index >= 15 is 0 Å². The molecule has 0 amide bonds. The highest BCUT2D eigenvalue weighted by atomic mass is 79.9. The fourth-order valence-corrected chi connectivity index (χ4v) is 11.8. The summed E-state index contributed by atoms with van der Waals surface area (Å²) in [5.74, 6) is 0. The normalized spacial score (nSPS) is 14.1. The first-order valence-corrected chi connectivity index (χ1v) is 24.5. The predicted molar refractivity (Wildman–Crippen MR) is 280 cm³/mol. The molecule has 1 saturated heterocycles. The number of hydrogen-bond acceptors (Lipinski definition) is 4. The van der Waals surface area contributed by atoms with Crippen molar-refractivity contribution >= 4 is 123 Å². The van der Waals surface area contributed by atoms with Crippen LogP contribution in [0.1, 0.15) is 27.7 Å². The third-order valence-electron chi connectivity index (χ3n) is 11.6. The zero-order valence-corrected chi connectivity index (χ0v) is 41.1. The van der Waals surface area contributed by atoms with Crippen LogP contribution in [-0.2, 0) is 9.31 Å². The van der Waals surface area contributed by atoms with Crippen molar-refractivity contribution in [2.75, 3.05) is 0 Å². The third-order valence-corrected chi connectivity index (χ3v) is 15.6. The lowest BCUT2D eigenvalue weighted by Crippen LogP contribution is -2.41. The molecule has 10 aromatic rings. The maximum atomic E-state index is 6.26. The molecule has 0 atom stereocenters. The van der Waals surface area contributed by atoms with Gasteiger partial charge in [-0.25, -0.2) is 0 Å². The summed E-state index contributed by atoms with van der Waals surface area (Å²) in [6.45, 7) is 8.37. The molecule has 0 spiro atoms. The lowest BCUT2D eigenvalue weighted by Gasteiger charge is -2.32. The summed E-state index contributed by atoms with van der Waals surface area (Å²) in [6, 6.07) is 64.3. The Morgan fingerprint density at radius 2 is 0.790 bits per heavy atom. The number of fused-ring (bicyclic) bond motifs is 6. The zero-order chi connectivity index (χ0) is 43.0. The molecule has 2 nitrogen and oxygen atoms in total. The molecule has 1 aliphatic rings. The molecule has 0 unspecified atom stereocenters. The van der Waals surface area contributed by atoms with E-state index in [1.54, 1.807) is 0 Å². The molecule has 8 heteroatoms. The summed E-state index contributed by atoms with van der Waals surface area (Å²) < 4.78 is 21.2. The Morgan fingerprint density at radius 1 is 0.387 bits per heavy atom. The minimum atomic E-state index is -0.341. The van der Waals surface area contributed by atoms with Gasteiger partial charge in [-0.05, 0) is 115 Å². The molecule has 3 heterocycles. The van der Waals surface area contributed by atoms with Gasteiger partial charge in [0, 0.05) is 53.8 Å². The largest absolute Gasteiger partial charge is 0.494 e. The van der Waals surface area contributed by atoms with Crippen molar-refractivity contribution in [2.24, 2.45) is 0 Å². The van der Waals surface area contributed by atoms with E-state index in [-0.39, 0.29) is 18.3 Å². The molecule has 62 heavy (non-hydrogen) atoms. The molecular formula is C54H42BBr3O2S2. The van der Waals surface area contributed by atoms with Gasteiger partial charge in [-0.3, -0.25) is 0 Å². The fourth-order valence-electron chi connectivity index (χ4n) is 7.78. The molecular weight excluding hydrogens is 995 g/mol. The van der Waals surface area contributed by atoms with Crippen LogP contribution >= 0.6 is 70.5 Å². The van der Waals surface area contributed by atoms with Gasteiger partial charge in [-0.15, -0.1) is 22.7 Å². The molecule has 0 saturated carbocycles. The van der Waals surface area contributed by atoms with Crippen molar-refractivity contribution in [3.63, 3.8) is 0 Å². The van der Waals surface area contributed by atoms with Gasteiger partial charge < -0.3 is 9.31 Å². The summed E-state index contributed by atoms with van der Waals surface area (Å²) in [5, 5.41) is 5.33. The average molecular weight is 1040 g/mol. The molecule has 0 bridgehead atoms.